The second kappa shape index (κ2) is 4.65. The first-order chi connectivity index (χ1) is 7.72. The van der Waals surface area contributed by atoms with Crippen molar-refractivity contribution in [3.05, 3.63) is 11.3 Å². The number of anilines is 2. The summed E-state index contributed by atoms with van der Waals surface area (Å²) in [5.74, 6) is 1.32. The molecular formula is C11H19N5. The van der Waals surface area contributed by atoms with E-state index < -0.39 is 0 Å². The summed E-state index contributed by atoms with van der Waals surface area (Å²) in [6, 6.07) is 0. The first-order valence-electron chi connectivity index (χ1n) is 5.84. The first kappa shape index (κ1) is 11.1. The second-order valence-corrected chi connectivity index (χ2v) is 4.21. The normalized spacial score (nSPS) is 17.6. The van der Waals surface area contributed by atoms with E-state index in [1.807, 2.05) is 0 Å². The number of aromatic nitrogens is 2. The van der Waals surface area contributed by atoms with Crippen molar-refractivity contribution in [3.8, 4) is 0 Å². The molecule has 2 rings (SSSR count). The van der Waals surface area contributed by atoms with Crippen molar-refractivity contribution in [3.63, 3.8) is 0 Å². The van der Waals surface area contributed by atoms with Crippen LogP contribution in [-0.2, 0) is 6.42 Å². The molecule has 0 bridgehead atoms. The Hall–Kier alpha value is -1.36. The van der Waals surface area contributed by atoms with Crippen LogP contribution in [0, 0.1) is 0 Å². The van der Waals surface area contributed by atoms with Gasteiger partial charge in [-0.2, -0.15) is 4.98 Å². The van der Waals surface area contributed by atoms with Crippen LogP contribution in [0.2, 0.25) is 0 Å². The summed E-state index contributed by atoms with van der Waals surface area (Å²) < 4.78 is 0. The van der Waals surface area contributed by atoms with Crippen molar-refractivity contribution in [2.24, 2.45) is 0 Å². The lowest BCUT2D eigenvalue weighted by Gasteiger charge is -2.24. The Labute approximate surface area is 95.6 Å². The highest BCUT2D eigenvalue weighted by Gasteiger charge is 2.21. The van der Waals surface area contributed by atoms with E-state index in [4.69, 9.17) is 11.5 Å². The molecule has 0 amide bonds. The second-order valence-electron chi connectivity index (χ2n) is 4.21. The molecule has 5 heteroatoms. The van der Waals surface area contributed by atoms with E-state index in [9.17, 15) is 0 Å². The van der Waals surface area contributed by atoms with Gasteiger partial charge in [-0.15, -0.1) is 0 Å². The number of nitrogen functional groups attached to an aromatic ring is 2. The van der Waals surface area contributed by atoms with Crippen LogP contribution in [-0.4, -0.2) is 23.1 Å². The average molecular weight is 221 g/mol. The van der Waals surface area contributed by atoms with E-state index in [1.54, 1.807) is 0 Å². The molecule has 0 aromatic carbocycles. The van der Waals surface area contributed by atoms with E-state index in [0.717, 1.165) is 43.6 Å². The number of nitrogens with two attached hydrogens (primary N) is 2. The van der Waals surface area contributed by atoms with Crippen LogP contribution < -0.4 is 16.8 Å². The van der Waals surface area contributed by atoms with Gasteiger partial charge in [0.15, 0.2) is 0 Å². The Balaban J connectivity index is 2.36. The van der Waals surface area contributed by atoms with Crippen molar-refractivity contribution in [2.45, 2.75) is 32.1 Å². The molecule has 1 aromatic rings. The third kappa shape index (κ3) is 2.09. The summed E-state index contributed by atoms with van der Waals surface area (Å²) in [6.07, 6.45) is 3.07. The van der Waals surface area contributed by atoms with Crippen LogP contribution in [0.15, 0.2) is 0 Å². The van der Waals surface area contributed by atoms with Crippen molar-refractivity contribution >= 4 is 11.8 Å². The minimum Gasteiger partial charge on any atom is -0.383 e. The fourth-order valence-electron chi connectivity index (χ4n) is 2.33. The van der Waals surface area contributed by atoms with Gasteiger partial charge in [-0.1, -0.05) is 6.92 Å². The van der Waals surface area contributed by atoms with Crippen molar-refractivity contribution in [1.82, 2.24) is 15.3 Å². The van der Waals surface area contributed by atoms with E-state index in [1.165, 1.54) is 0 Å². The molecule has 16 heavy (non-hydrogen) atoms. The van der Waals surface area contributed by atoms with Crippen molar-refractivity contribution in [1.29, 1.82) is 0 Å². The van der Waals surface area contributed by atoms with Crippen LogP contribution in [0.25, 0.3) is 0 Å². The molecule has 2 heterocycles. The number of hydrogen-bond acceptors (Lipinski definition) is 5. The fourth-order valence-corrected chi connectivity index (χ4v) is 2.33. The van der Waals surface area contributed by atoms with Gasteiger partial charge in [0.05, 0.1) is 5.69 Å². The zero-order valence-corrected chi connectivity index (χ0v) is 9.66. The van der Waals surface area contributed by atoms with Gasteiger partial charge < -0.3 is 16.8 Å². The number of hydrogen-bond donors (Lipinski definition) is 3. The van der Waals surface area contributed by atoms with Crippen LogP contribution in [0.4, 0.5) is 11.8 Å². The topological polar surface area (TPSA) is 89.8 Å². The number of nitrogens with one attached hydrogen (secondary N) is 1. The maximum atomic E-state index is 5.89. The van der Waals surface area contributed by atoms with Gasteiger partial charge in [-0.3, -0.25) is 0 Å². The van der Waals surface area contributed by atoms with Crippen molar-refractivity contribution in [2.75, 3.05) is 24.6 Å². The van der Waals surface area contributed by atoms with Gasteiger partial charge in [-0.25, -0.2) is 4.98 Å². The lowest BCUT2D eigenvalue weighted by Crippen LogP contribution is -2.28. The van der Waals surface area contributed by atoms with Gasteiger partial charge in [0.2, 0.25) is 5.95 Å². The smallest absolute Gasteiger partial charge is 0.222 e. The standard InChI is InChI=1S/C11H19N5/c1-2-8-9(7-3-5-14-6-4-7)15-11(13)16-10(8)12/h7,14H,2-6H2,1H3,(H4,12,13,15,16). The zero-order chi connectivity index (χ0) is 11.5. The highest BCUT2D eigenvalue weighted by atomic mass is 15.0. The van der Waals surface area contributed by atoms with Gasteiger partial charge >= 0.3 is 0 Å². The Kier molecular flexibility index (Phi) is 3.24. The van der Waals surface area contributed by atoms with Gasteiger partial charge in [0, 0.05) is 11.5 Å². The summed E-state index contributed by atoms with van der Waals surface area (Å²) in [5, 5.41) is 3.35. The average Bonchev–Trinajstić information content (AvgIpc) is 2.29. The van der Waals surface area contributed by atoms with Crippen molar-refractivity contribution < 1.29 is 0 Å². The maximum absolute atomic E-state index is 5.89. The maximum Gasteiger partial charge on any atom is 0.222 e. The Morgan fingerprint density at radius 2 is 1.94 bits per heavy atom. The van der Waals surface area contributed by atoms with E-state index >= 15 is 0 Å². The molecule has 0 spiro atoms. The molecule has 0 radical (unpaired) electrons. The van der Waals surface area contributed by atoms with E-state index in [0.29, 0.717) is 17.7 Å². The van der Waals surface area contributed by atoms with E-state index in [2.05, 4.69) is 22.2 Å². The molecule has 1 fully saturated rings. The molecule has 1 aliphatic heterocycles. The molecule has 1 saturated heterocycles. The van der Waals surface area contributed by atoms with Crippen LogP contribution in [0.5, 0.6) is 0 Å². The molecule has 5 nitrogen and oxygen atoms in total. The number of piperidine rings is 1. The Morgan fingerprint density at radius 3 is 2.56 bits per heavy atom. The van der Waals surface area contributed by atoms with Gasteiger partial charge in [0.1, 0.15) is 5.82 Å². The molecule has 0 saturated carbocycles. The molecule has 0 aliphatic carbocycles. The summed E-state index contributed by atoms with van der Waals surface area (Å²) in [6.45, 7) is 4.16. The molecule has 1 aliphatic rings. The summed E-state index contributed by atoms with van der Waals surface area (Å²) in [5.41, 5.74) is 13.7. The highest BCUT2D eigenvalue weighted by molar-refractivity contribution is 5.47. The monoisotopic (exact) mass is 221 g/mol. The SMILES string of the molecule is CCc1c(N)nc(N)nc1C1CCNCC1. The summed E-state index contributed by atoms with van der Waals surface area (Å²) >= 11 is 0. The van der Waals surface area contributed by atoms with E-state index in [-0.39, 0.29) is 0 Å². The number of nitrogens with zero attached hydrogens (tertiary/aromatic N) is 2. The zero-order valence-electron chi connectivity index (χ0n) is 9.66. The molecule has 88 valence electrons. The molecule has 0 atom stereocenters. The van der Waals surface area contributed by atoms with Gasteiger partial charge in [-0.05, 0) is 32.4 Å². The third-order valence-corrected chi connectivity index (χ3v) is 3.17. The fraction of sp³-hybridized carbons (Fsp3) is 0.636. The third-order valence-electron chi connectivity index (χ3n) is 3.17. The summed E-state index contributed by atoms with van der Waals surface area (Å²) in [4.78, 5) is 8.42. The van der Waals surface area contributed by atoms with Gasteiger partial charge in [0.25, 0.3) is 0 Å². The van der Waals surface area contributed by atoms with Crippen LogP contribution >= 0.6 is 0 Å². The Morgan fingerprint density at radius 1 is 1.25 bits per heavy atom. The molecule has 5 N–H and O–H groups in total. The van der Waals surface area contributed by atoms with Crippen LogP contribution in [0.3, 0.4) is 0 Å². The lowest BCUT2D eigenvalue weighted by atomic mass is 9.91. The molecule has 1 aromatic heterocycles. The minimum atomic E-state index is 0.295. The van der Waals surface area contributed by atoms with Crippen LogP contribution in [0.1, 0.15) is 36.9 Å². The predicted octanol–water partition coefficient (Wildman–Crippen LogP) is 0.670. The predicted molar refractivity (Wildman–Crippen MR) is 65.1 cm³/mol. The molecule has 0 unspecified atom stereocenters. The highest BCUT2D eigenvalue weighted by Crippen LogP contribution is 2.29. The first-order valence-corrected chi connectivity index (χ1v) is 5.84. The molecular weight excluding hydrogens is 202 g/mol. The summed E-state index contributed by atoms with van der Waals surface area (Å²) in [7, 11) is 0. The number of rotatable bonds is 2. The largest absolute Gasteiger partial charge is 0.383 e. The quantitative estimate of drug-likeness (QED) is 0.683. The minimum absolute atomic E-state index is 0.295. The lowest BCUT2D eigenvalue weighted by molar-refractivity contribution is 0.451. The Bertz CT molecular complexity index is 371.